The SMILES string of the molecule is CCCC1CC[Si](C2CCC(OC(=O)C(F)F)CC2)CC1. The maximum atomic E-state index is 12.2. The third kappa shape index (κ3) is 5.04. The summed E-state index contributed by atoms with van der Waals surface area (Å²) in [6.45, 7) is 2.27. The van der Waals surface area contributed by atoms with Gasteiger partial charge in [-0.1, -0.05) is 44.7 Å². The second-order valence-electron chi connectivity index (χ2n) is 6.60. The summed E-state index contributed by atoms with van der Waals surface area (Å²) in [5, 5.41) is 0. The minimum Gasteiger partial charge on any atom is -0.458 e. The molecule has 2 fully saturated rings. The fourth-order valence-corrected chi connectivity index (χ4v) is 7.73. The molecule has 2 nitrogen and oxygen atoms in total. The molecule has 0 aromatic heterocycles. The van der Waals surface area contributed by atoms with Gasteiger partial charge in [0.15, 0.2) is 0 Å². The van der Waals surface area contributed by atoms with Crippen LogP contribution in [-0.2, 0) is 9.53 Å². The van der Waals surface area contributed by atoms with Crippen LogP contribution in [0.1, 0.15) is 58.3 Å². The molecule has 0 aromatic rings. The van der Waals surface area contributed by atoms with Gasteiger partial charge in [-0.25, -0.2) is 4.79 Å². The van der Waals surface area contributed by atoms with Gasteiger partial charge in [-0.2, -0.15) is 8.78 Å². The molecule has 1 aliphatic heterocycles. The number of esters is 1. The van der Waals surface area contributed by atoms with Crippen molar-refractivity contribution in [3.63, 3.8) is 0 Å². The molecule has 0 amide bonds. The minimum atomic E-state index is -2.98. The Balaban J connectivity index is 1.68. The third-order valence-electron chi connectivity index (χ3n) is 5.16. The van der Waals surface area contributed by atoms with Gasteiger partial charge in [0.2, 0.25) is 0 Å². The number of hydrogen-bond acceptors (Lipinski definition) is 2. The zero-order valence-electron chi connectivity index (χ0n) is 13.0. The van der Waals surface area contributed by atoms with E-state index in [1.807, 2.05) is 0 Å². The minimum absolute atomic E-state index is 0.255. The maximum absolute atomic E-state index is 12.2. The molecular formula is C16H27F2O2Si. The van der Waals surface area contributed by atoms with Gasteiger partial charge in [-0.3, -0.25) is 0 Å². The van der Waals surface area contributed by atoms with E-state index in [1.165, 1.54) is 37.8 Å². The molecule has 0 atom stereocenters. The summed E-state index contributed by atoms with van der Waals surface area (Å²) < 4.78 is 29.2. The molecule has 2 aliphatic rings. The van der Waals surface area contributed by atoms with Gasteiger partial charge in [-0.05, 0) is 37.1 Å². The zero-order chi connectivity index (χ0) is 15.2. The normalized spacial score (nSPS) is 28.8. The first kappa shape index (κ1) is 16.9. The van der Waals surface area contributed by atoms with Gasteiger partial charge in [0, 0.05) is 0 Å². The highest BCUT2D eigenvalue weighted by Crippen LogP contribution is 2.40. The molecular weight excluding hydrogens is 290 g/mol. The maximum Gasteiger partial charge on any atom is 0.374 e. The molecule has 0 unspecified atom stereocenters. The number of hydrogen-bond donors (Lipinski definition) is 0. The summed E-state index contributed by atoms with van der Waals surface area (Å²) in [5.41, 5.74) is 0.819. The molecule has 0 N–H and O–H groups in total. The van der Waals surface area contributed by atoms with Gasteiger partial charge in [0.1, 0.15) is 6.10 Å². The second kappa shape index (κ2) is 8.25. The van der Waals surface area contributed by atoms with Crippen LogP contribution in [-0.4, -0.2) is 27.3 Å². The van der Waals surface area contributed by atoms with Crippen LogP contribution in [0.25, 0.3) is 0 Å². The van der Waals surface area contributed by atoms with Crippen LogP contribution in [0, 0.1) is 5.92 Å². The summed E-state index contributed by atoms with van der Waals surface area (Å²) in [5.74, 6) is -0.389. The molecule has 1 radical (unpaired) electrons. The molecule has 1 saturated carbocycles. The first-order valence-corrected chi connectivity index (χ1v) is 10.4. The van der Waals surface area contributed by atoms with E-state index in [4.69, 9.17) is 4.74 Å². The highest BCUT2D eigenvalue weighted by molar-refractivity contribution is 6.60. The fraction of sp³-hybridized carbons (Fsp3) is 0.938. The van der Waals surface area contributed by atoms with E-state index in [0.717, 1.165) is 37.1 Å². The average Bonchev–Trinajstić information content (AvgIpc) is 2.49. The van der Waals surface area contributed by atoms with Gasteiger partial charge >= 0.3 is 12.4 Å². The predicted octanol–water partition coefficient (Wildman–Crippen LogP) is 4.81. The number of carbonyl (C=O) groups excluding carboxylic acids is 1. The van der Waals surface area contributed by atoms with Crippen molar-refractivity contribution in [2.75, 3.05) is 0 Å². The first-order chi connectivity index (χ1) is 10.1. The summed E-state index contributed by atoms with van der Waals surface area (Å²) in [7, 11) is -0.255. The number of rotatable bonds is 5. The van der Waals surface area contributed by atoms with Crippen molar-refractivity contribution in [1.82, 2.24) is 0 Å². The van der Waals surface area contributed by atoms with Crippen LogP contribution >= 0.6 is 0 Å². The van der Waals surface area contributed by atoms with Crippen LogP contribution in [0.15, 0.2) is 0 Å². The van der Waals surface area contributed by atoms with Crippen molar-refractivity contribution < 1.29 is 18.3 Å². The lowest BCUT2D eigenvalue weighted by molar-refractivity contribution is -0.163. The molecule has 1 saturated heterocycles. The van der Waals surface area contributed by atoms with Crippen LogP contribution in [0.3, 0.4) is 0 Å². The van der Waals surface area contributed by atoms with Crippen molar-refractivity contribution in [3.8, 4) is 0 Å². The summed E-state index contributed by atoms with van der Waals surface area (Å²) in [6.07, 6.45) is 5.97. The van der Waals surface area contributed by atoms with Gasteiger partial charge < -0.3 is 4.74 Å². The van der Waals surface area contributed by atoms with Crippen molar-refractivity contribution in [1.29, 1.82) is 0 Å². The van der Waals surface area contributed by atoms with Crippen molar-refractivity contribution in [2.24, 2.45) is 5.92 Å². The van der Waals surface area contributed by atoms with E-state index >= 15 is 0 Å². The Hall–Kier alpha value is -0.453. The topological polar surface area (TPSA) is 26.3 Å². The largest absolute Gasteiger partial charge is 0.458 e. The lowest BCUT2D eigenvalue weighted by Gasteiger charge is -2.36. The summed E-state index contributed by atoms with van der Waals surface area (Å²) in [4.78, 5) is 10.9. The smallest absolute Gasteiger partial charge is 0.374 e. The Morgan fingerprint density at radius 3 is 2.29 bits per heavy atom. The molecule has 5 heteroatoms. The fourth-order valence-electron chi connectivity index (χ4n) is 3.96. The monoisotopic (exact) mass is 317 g/mol. The van der Waals surface area contributed by atoms with Gasteiger partial charge in [0.25, 0.3) is 0 Å². The van der Waals surface area contributed by atoms with E-state index in [-0.39, 0.29) is 14.9 Å². The van der Waals surface area contributed by atoms with Crippen molar-refractivity contribution >= 4 is 14.8 Å². The first-order valence-electron chi connectivity index (χ1n) is 8.43. The van der Waals surface area contributed by atoms with Crippen LogP contribution < -0.4 is 0 Å². The van der Waals surface area contributed by atoms with Gasteiger partial charge in [-0.15, -0.1) is 0 Å². The van der Waals surface area contributed by atoms with E-state index < -0.39 is 12.4 Å². The lowest BCUT2D eigenvalue weighted by atomic mass is 9.96. The molecule has 0 spiro atoms. The van der Waals surface area contributed by atoms with Crippen LogP contribution in [0.4, 0.5) is 8.78 Å². The average molecular weight is 317 g/mol. The molecule has 121 valence electrons. The molecule has 0 aromatic carbocycles. The summed E-state index contributed by atoms with van der Waals surface area (Å²) >= 11 is 0. The molecule has 1 heterocycles. The lowest BCUT2D eigenvalue weighted by Crippen LogP contribution is -2.32. The quantitative estimate of drug-likeness (QED) is 0.537. The second-order valence-corrected chi connectivity index (χ2v) is 9.73. The Kier molecular flexibility index (Phi) is 6.64. The molecule has 1 aliphatic carbocycles. The highest BCUT2D eigenvalue weighted by atomic mass is 28.3. The number of carbonyl (C=O) groups is 1. The Morgan fingerprint density at radius 1 is 1.14 bits per heavy atom. The number of halogens is 2. The van der Waals surface area contributed by atoms with E-state index in [9.17, 15) is 13.6 Å². The predicted molar refractivity (Wildman–Crippen MR) is 81.1 cm³/mol. The van der Waals surface area contributed by atoms with E-state index in [1.54, 1.807) is 0 Å². The zero-order valence-corrected chi connectivity index (χ0v) is 14.0. The Bertz CT molecular complexity index is 322. The highest BCUT2D eigenvalue weighted by Gasteiger charge is 2.33. The van der Waals surface area contributed by atoms with Crippen molar-refractivity contribution in [3.05, 3.63) is 0 Å². The summed E-state index contributed by atoms with van der Waals surface area (Å²) in [6, 6.07) is 2.86. The molecule has 0 bridgehead atoms. The standard InChI is InChI=1S/C16H27F2O2Si/c1-2-3-12-8-10-21(11-9-12)14-6-4-13(5-7-14)20-16(19)15(17)18/h12-15H,2-11H2,1H3. The Labute approximate surface area is 128 Å². The third-order valence-corrected chi connectivity index (χ3v) is 8.75. The van der Waals surface area contributed by atoms with Gasteiger partial charge in [0.05, 0.1) is 8.80 Å². The number of alkyl halides is 2. The van der Waals surface area contributed by atoms with Crippen LogP contribution in [0.2, 0.25) is 17.6 Å². The van der Waals surface area contributed by atoms with E-state index in [0.29, 0.717) is 0 Å². The Morgan fingerprint density at radius 2 is 1.76 bits per heavy atom. The molecule has 2 rings (SSSR count). The molecule has 21 heavy (non-hydrogen) atoms. The van der Waals surface area contributed by atoms with Crippen LogP contribution in [0.5, 0.6) is 0 Å². The van der Waals surface area contributed by atoms with Crippen molar-refractivity contribution in [2.45, 2.75) is 88.4 Å². The van der Waals surface area contributed by atoms with E-state index in [2.05, 4.69) is 6.92 Å². The number of ether oxygens (including phenoxy) is 1.